The molecule has 1 fully saturated rings. The number of halogens is 1. The van der Waals surface area contributed by atoms with E-state index in [0.29, 0.717) is 18.8 Å². The predicted molar refractivity (Wildman–Crippen MR) is 81.0 cm³/mol. The molecule has 0 bridgehead atoms. The van der Waals surface area contributed by atoms with Crippen LogP contribution in [0.4, 0.5) is 10.2 Å². The normalized spacial score (nSPS) is 22.2. The van der Waals surface area contributed by atoms with Crippen LogP contribution in [0.5, 0.6) is 0 Å². The minimum absolute atomic E-state index is 0.227. The maximum Gasteiger partial charge on any atom is 0.127 e. The molecule has 0 unspecified atom stereocenters. The molecule has 2 atom stereocenters. The fourth-order valence-corrected chi connectivity index (χ4v) is 2.56. The highest BCUT2D eigenvalue weighted by atomic mass is 19.1. The van der Waals surface area contributed by atoms with Gasteiger partial charge in [0, 0.05) is 13.6 Å². The summed E-state index contributed by atoms with van der Waals surface area (Å²) in [5, 5.41) is 6.39. The predicted octanol–water partition coefficient (Wildman–Crippen LogP) is 1.90. The summed E-state index contributed by atoms with van der Waals surface area (Å²) in [5.74, 6) is 1.63. The molecule has 1 aliphatic heterocycles. The van der Waals surface area contributed by atoms with Crippen molar-refractivity contribution in [1.82, 2.24) is 19.9 Å². The van der Waals surface area contributed by atoms with E-state index >= 15 is 0 Å². The highest BCUT2D eigenvalue weighted by Gasteiger charge is 2.24. The highest BCUT2D eigenvalue weighted by molar-refractivity contribution is 5.57. The number of aryl methyl sites for hydroxylation is 1. The highest BCUT2D eigenvalue weighted by Crippen LogP contribution is 2.20. The van der Waals surface area contributed by atoms with E-state index in [9.17, 15) is 4.39 Å². The lowest BCUT2D eigenvalue weighted by Crippen LogP contribution is -2.46. The second kappa shape index (κ2) is 5.81. The molecule has 1 saturated heterocycles. The van der Waals surface area contributed by atoms with Crippen molar-refractivity contribution in [2.45, 2.75) is 25.6 Å². The summed E-state index contributed by atoms with van der Waals surface area (Å²) >= 11 is 0. The Morgan fingerprint density at radius 1 is 1.43 bits per heavy atom. The lowest BCUT2D eigenvalue weighted by atomic mass is 10.1. The number of alkyl halides is 1. The number of hydrogen-bond acceptors (Lipinski definition) is 4. The van der Waals surface area contributed by atoms with Crippen molar-refractivity contribution in [2.75, 3.05) is 18.4 Å². The fourth-order valence-electron chi connectivity index (χ4n) is 2.56. The molecular formula is C15H20FN5. The SMILES string of the molecule is Cc1ncc(-c2cccc(N[C@H]3CNCC[C@@H]3F)n2)n1C. The molecule has 112 valence electrons. The molecule has 0 saturated carbocycles. The number of nitrogens with zero attached hydrogens (tertiary/aromatic N) is 3. The van der Waals surface area contributed by atoms with Crippen molar-refractivity contribution in [3.05, 3.63) is 30.2 Å². The van der Waals surface area contributed by atoms with E-state index in [2.05, 4.69) is 20.6 Å². The summed E-state index contributed by atoms with van der Waals surface area (Å²) in [6.45, 7) is 3.31. The lowest BCUT2D eigenvalue weighted by molar-refractivity contribution is 0.241. The van der Waals surface area contributed by atoms with Crippen LogP contribution in [0, 0.1) is 6.92 Å². The quantitative estimate of drug-likeness (QED) is 0.906. The first-order valence-corrected chi connectivity index (χ1v) is 7.22. The van der Waals surface area contributed by atoms with E-state index in [1.54, 1.807) is 0 Å². The van der Waals surface area contributed by atoms with Gasteiger partial charge in [-0.2, -0.15) is 0 Å². The molecule has 2 aromatic heterocycles. The van der Waals surface area contributed by atoms with Crippen LogP contribution in [0.3, 0.4) is 0 Å². The van der Waals surface area contributed by atoms with Crippen molar-refractivity contribution in [3.63, 3.8) is 0 Å². The summed E-state index contributed by atoms with van der Waals surface area (Å²) in [6.07, 6.45) is 1.51. The molecule has 3 heterocycles. The first-order chi connectivity index (χ1) is 10.1. The third-order valence-corrected chi connectivity index (χ3v) is 3.96. The number of imidazole rings is 1. The zero-order valence-electron chi connectivity index (χ0n) is 12.3. The van der Waals surface area contributed by atoms with Crippen molar-refractivity contribution < 1.29 is 4.39 Å². The zero-order valence-corrected chi connectivity index (χ0v) is 12.3. The second-order valence-electron chi connectivity index (χ2n) is 5.42. The molecule has 0 amide bonds. The topological polar surface area (TPSA) is 54.8 Å². The molecule has 1 aliphatic rings. The molecule has 0 spiro atoms. The maximum atomic E-state index is 13.9. The number of pyridine rings is 1. The summed E-state index contributed by atoms with van der Waals surface area (Å²) in [6, 6.07) is 5.51. The standard InChI is InChI=1S/C15H20FN5/c1-10-18-9-14(21(10)2)12-4-3-5-15(19-12)20-13-8-17-7-6-11(13)16/h3-5,9,11,13,17H,6-8H2,1-2H3,(H,19,20)/t11-,13-/m0/s1. The van der Waals surface area contributed by atoms with Gasteiger partial charge in [-0.05, 0) is 32.0 Å². The minimum atomic E-state index is -0.837. The monoisotopic (exact) mass is 289 g/mol. The Kier molecular flexibility index (Phi) is 3.88. The number of anilines is 1. The van der Waals surface area contributed by atoms with Crippen LogP contribution in [0.2, 0.25) is 0 Å². The Bertz CT molecular complexity index is 624. The van der Waals surface area contributed by atoms with Gasteiger partial charge in [-0.15, -0.1) is 0 Å². The third kappa shape index (κ3) is 2.90. The van der Waals surface area contributed by atoms with E-state index in [1.165, 1.54) is 0 Å². The van der Waals surface area contributed by atoms with Crippen LogP contribution in [0.15, 0.2) is 24.4 Å². The van der Waals surface area contributed by atoms with E-state index in [0.717, 1.165) is 23.8 Å². The first kappa shape index (κ1) is 14.0. The van der Waals surface area contributed by atoms with Gasteiger partial charge in [0.25, 0.3) is 0 Å². The van der Waals surface area contributed by atoms with Crippen LogP contribution in [-0.2, 0) is 7.05 Å². The van der Waals surface area contributed by atoms with E-state index in [-0.39, 0.29) is 6.04 Å². The molecule has 2 aromatic rings. The Morgan fingerprint density at radius 2 is 2.29 bits per heavy atom. The second-order valence-corrected chi connectivity index (χ2v) is 5.42. The Hall–Kier alpha value is -1.95. The van der Waals surface area contributed by atoms with Gasteiger partial charge in [0.15, 0.2) is 0 Å². The smallest absolute Gasteiger partial charge is 0.127 e. The first-order valence-electron chi connectivity index (χ1n) is 7.22. The van der Waals surface area contributed by atoms with Crippen LogP contribution >= 0.6 is 0 Å². The molecule has 2 N–H and O–H groups in total. The number of aromatic nitrogens is 3. The van der Waals surface area contributed by atoms with Gasteiger partial charge in [0.2, 0.25) is 0 Å². The van der Waals surface area contributed by atoms with Gasteiger partial charge >= 0.3 is 0 Å². The van der Waals surface area contributed by atoms with Gasteiger partial charge in [-0.25, -0.2) is 14.4 Å². The van der Waals surface area contributed by atoms with Crippen molar-refractivity contribution >= 4 is 5.82 Å². The Balaban J connectivity index is 1.81. The van der Waals surface area contributed by atoms with Gasteiger partial charge in [0.1, 0.15) is 17.8 Å². The number of piperidine rings is 1. The number of rotatable bonds is 3. The van der Waals surface area contributed by atoms with E-state index < -0.39 is 6.17 Å². The summed E-state index contributed by atoms with van der Waals surface area (Å²) in [4.78, 5) is 8.86. The average molecular weight is 289 g/mol. The summed E-state index contributed by atoms with van der Waals surface area (Å²) in [5.41, 5.74) is 1.79. The zero-order chi connectivity index (χ0) is 14.8. The fraction of sp³-hybridized carbons (Fsp3) is 0.467. The summed E-state index contributed by atoms with van der Waals surface area (Å²) in [7, 11) is 1.96. The van der Waals surface area contributed by atoms with Gasteiger partial charge < -0.3 is 15.2 Å². The average Bonchev–Trinajstić information content (AvgIpc) is 2.82. The molecule has 0 radical (unpaired) electrons. The number of hydrogen-bond donors (Lipinski definition) is 2. The Morgan fingerprint density at radius 3 is 3.00 bits per heavy atom. The largest absolute Gasteiger partial charge is 0.363 e. The molecule has 6 heteroatoms. The van der Waals surface area contributed by atoms with Crippen LogP contribution in [0.1, 0.15) is 12.2 Å². The van der Waals surface area contributed by atoms with E-state index in [4.69, 9.17) is 0 Å². The minimum Gasteiger partial charge on any atom is -0.363 e. The van der Waals surface area contributed by atoms with E-state index in [1.807, 2.05) is 42.9 Å². The van der Waals surface area contributed by atoms with Gasteiger partial charge in [0.05, 0.1) is 23.6 Å². The van der Waals surface area contributed by atoms with Crippen molar-refractivity contribution in [3.8, 4) is 11.4 Å². The number of nitrogens with one attached hydrogen (secondary N) is 2. The van der Waals surface area contributed by atoms with Crippen molar-refractivity contribution in [2.24, 2.45) is 7.05 Å². The van der Waals surface area contributed by atoms with Crippen LogP contribution in [-0.4, -0.2) is 39.8 Å². The van der Waals surface area contributed by atoms with Crippen LogP contribution in [0.25, 0.3) is 11.4 Å². The molecule has 3 rings (SSSR count). The van der Waals surface area contributed by atoms with Crippen molar-refractivity contribution in [1.29, 1.82) is 0 Å². The van der Waals surface area contributed by atoms with Gasteiger partial charge in [-0.3, -0.25) is 0 Å². The third-order valence-electron chi connectivity index (χ3n) is 3.96. The molecule has 0 aliphatic carbocycles. The maximum absolute atomic E-state index is 13.9. The van der Waals surface area contributed by atoms with Gasteiger partial charge in [-0.1, -0.05) is 6.07 Å². The molecule has 5 nitrogen and oxygen atoms in total. The lowest BCUT2D eigenvalue weighted by Gasteiger charge is -2.28. The molecular weight excluding hydrogens is 269 g/mol. The summed E-state index contributed by atoms with van der Waals surface area (Å²) < 4.78 is 15.9. The Labute approximate surface area is 123 Å². The molecule has 0 aromatic carbocycles. The molecule has 21 heavy (non-hydrogen) atoms. The van der Waals surface area contributed by atoms with Crippen LogP contribution < -0.4 is 10.6 Å².